The number of sulfonamides is 1. The van der Waals surface area contributed by atoms with Gasteiger partial charge in [0.25, 0.3) is 10.0 Å². The Bertz CT molecular complexity index is 713. The quantitative estimate of drug-likeness (QED) is 0.924. The van der Waals surface area contributed by atoms with Crippen LogP contribution in [0.15, 0.2) is 53.4 Å². The van der Waals surface area contributed by atoms with Gasteiger partial charge in [0.1, 0.15) is 5.82 Å². The number of hydrogen-bond acceptors (Lipinski definition) is 3. The molecule has 1 N–H and O–H groups in total. The second-order valence-corrected chi connectivity index (χ2v) is 6.68. The lowest BCUT2D eigenvalue weighted by Crippen LogP contribution is -2.14. The fourth-order valence-electron chi connectivity index (χ4n) is 1.93. The highest BCUT2D eigenvalue weighted by Crippen LogP contribution is 2.18. The number of nitrogens with one attached hydrogen (secondary N) is 1. The van der Waals surface area contributed by atoms with Crippen molar-refractivity contribution in [3.63, 3.8) is 0 Å². The summed E-state index contributed by atoms with van der Waals surface area (Å²) in [7, 11) is 0.174. The van der Waals surface area contributed by atoms with E-state index in [-0.39, 0.29) is 4.90 Å². The van der Waals surface area contributed by atoms with Crippen LogP contribution in [0.3, 0.4) is 0 Å². The van der Waals surface area contributed by atoms with Crippen molar-refractivity contribution in [3.05, 3.63) is 59.9 Å². The van der Waals surface area contributed by atoms with Crippen molar-refractivity contribution < 1.29 is 12.8 Å². The van der Waals surface area contributed by atoms with E-state index in [1.165, 1.54) is 12.1 Å². The predicted octanol–water partition coefficient (Wildman–Crippen LogP) is 2.69. The molecule has 0 aliphatic carbocycles. The van der Waals surface area contributed by atoms with Crippen LogP contribution in [0.2, 0.25) is 0 Å². The minimum atomic E-state index is -3.71. The third-order valence-electron chi connectivity index (χ3n) is 2.80. The van der Waals surface area contributed by atoms with Gasteiger partial charge in [-0.3, -0.25) is 4.72 Å². The highest BCUT2D eigenvalue weighted by atomic mass is 32.2. The van der Waals surface area contributed by atoms with Gasteiger partial charge in [-0.25, -0.2) is 12.8 Å². The Labute approximate surface area is 124 Å². The summed E-state index contributed by atoms with van der Waals surface area (Å²) in [6, 6.07) is 11.9. The van der Waals surface area contributed by atoms with Gasteiger partial charge in [-0.05, 0) is 56.1 Å². The summed E-state index contributed by atoms with van der Waals surface area (Å²) < 4.78 is 39.8. The van der Waals surface area contributed by atoms with Crippen LogP contribution in [0.25, 0.3) is 0 Å². The fourth-order valence-corrected chi connectivity index (χ4v) is 2.98. The molecule has 6 heteroatoms. The molecule has 0 fully saturated rings. The Hall–Kier alpha value is -1.92. The SMILES string of the molecule is CN(C)Cc1cccc(NS(=O)(=O)c2ccc(F)cc2)c1. The normalized spacial score (nSPS) is 11.6. The molecular formula is C15H17FN2O2S. The number of rotatable bonds is 5. The summed E-state index contributed by atoms with van der Waals surface area (Å²) in [5.41, 5.74) is 1.48. The van der Waals surface area contributed by atoms with Gasteiger partial charge in [-0.1, -0.05) is 12.1 Å². The first kappa shape index (κ1) is 15.5. The highest BCUT2D eigenvalue weighted by Gasteiger charge is 2.14. The molecular weight excluding hydrogens is 291 g/mol. The van der Waals surface area contributed by atoms with Crippen LogP contribution >= 0.6 is 0 Å². The third-order valence-corrected chi connectivity index (χ3v) is 4.20. The van der Waals surface area contributed by atoms with E-state index in [9.17, 15) is 12.8 Å². The van der Waals surface area contributed by atoms with Crippen molar-refractivity contribution in [2.24, 2.45) is 0 Å². The lowest BCUT2D eigenvalue weighted by Gasteiger charge is -2.12. The van der Waals surface area contributed by atoms with Gasteiger partial charge in [0, 0.05) is 12.2 Å². The van der Waals surface area contributed by atoms with Crippen molar-refractivity contribution in [2.45, 2.75) is 11.4 Å². The Kier molecular flexibility index (Phi) is 4.59. The van der Waals surface area contributed by atoms with Crippen LogP contribution in [0.1, 0.15) is 5.56 Å². The molecule has 112 valence electrons. The maximum Gasteiger partial charge on any atom is 0.261 e. The minimum Gasteiger partial charge on any atom is -0.305 e. The Morgan fingerprint density at radius 1 is 1.10 bits per heavy atom. The lowest BCUT2D eigenvalue weighted by atomic mass is 10.2. The van der Waals surface area contributed by atoms with E-state index in [0.29, 0.717) is 12.2 Å². The molecule has 0 radical (unpaired) electrons. The van der Waals surface area contributed by atoms with Gasteiger partial charge in [-0.15, -0.1) is 0 Å². The number of benzene rings is 2. The van der Waals surface area contributed by atoms with Gasteiger partial charge in [0.05, 0.1) is 4.90 Å². The number of anilines is 1. The molecule has 0 saturated heterocycles. The van der Waals surface area contributed by atoms with E-state index in [1.54, 1.807) is 18.2 Å². The summed E-state index contributed by atoms with van der Waals surface area (Å²) in [5, 5.41) is 0. The van der Waals surface area contributed by atoms with Crippen LogP contribution < -0.4 is 4.72 Å². The zero-order valence-corrected chi connectivity index (χ0v) is 12.7. The number of hydrogen-bond donors (Lipinski definition) is 1. The van der Waals surface area contributed by atoms with Crippen molar-refractivity contribution in [2.75, 3.05) is 18.8 Å². The van der Waals surface area contributed by atoms with Crippen LogP contribution in [0.4, 0.5) is 10.1 Å². The Balaban J connectivity index is 2.22. The van der Waals surface area contributed by atoms with Crippen molar-refractivity contribution in [1.82, 2.24) is 4.90 Å². The standard InChI is InChI=1S/C15H17FN2O2S/c1-18(2)11-12-4-3-5-14(10-12)17-21(19,20)15-8-6-13(16)7-9-15/h3-10,17H,11H2,1-2H3. The molecule has 0 atom stereocenters. The molecule has 2 aromatic rings. The molecule has 0 aromatic heterocycles. The van der Waals surface area contributed by atoms with Crippen molar-refractivity contribution >= 4 is 15.7 Å². The Morgan fingerprint density at radius 3 is 2.38 bits per heavy atom. The van der Waals surface area contributed by atoms with Crippen LogP contribution in [0, 0.1) is 5.82 Å². The molecule has 0 aliphatic rings. The predicted molar refractivity (Wildman–Crippen MR) is 81.0 cm³/mol. The first-order chi connectivity index (χ1) is 9.87. The van der Waals surface area contributed by atoms with Crippen molar-refractivity contribution in [3.8, 4) is 0 Å². The van der Waals surface area contributed by atoms with Crippen LogP contribution in [-0.4, -0.2) is 27.4 Å². The van der Waals surface area contributed by atoms with Gasteiger partial charge in [0.15, 0.2) is 0 Å². The fraction of sp³-hybridized carbons (Fsp3) is 0.200. The van der Waals surface area contributed by atoms with Gasteiger partial charge < -0.3 is 4.90 Å². The molecule has 0 bridgehead atoms. The maximum absolute atomic E-state index is 12.9. The molecule has 0 saturated carbocycles. The van der Waals surface area contributed by atoms with E-state index in [1.807, 2.05) is 25.1 Å². The zero-order chi connectivity index (χ0) is 15.5. The van der Waals surface area contributed by atoms with E-state index in [2.05, 4.69) is 4.72 Å². The third kappa shape index (κ3) is 4.27. The number of halogens is 1. The van der Waals surface area contributed by atoms with Crippen LogP contribution in [0.5, 0.6) is 0 Å². The molecule has 0 unspecified atom stereocenters. The summed E-state index contributed by atoms with van der Waals surface area (Å²) in [6.45, 7) is 0.714. The molecule has 0 amide bonds. The summed E-state index contributed by atoms with van der Waals surface area (Å²) in [6.07, 6.45) is 0. The molecule has 2 rings (SSSR count). The molecule has 2 aromatic carbocycles. The van der Waals surface area contributed by atoms with Crippen molar-refractivity contribution in [1.29, 1.82) is 0 Å². The smallest absolute Gasteiger partial charge is 0.261 e. The highest BCUT2D eigenvalue weighted by molar-refractivity contribution is 7.92. The molecule has 21 heavy (non-hydrogen) atoms. The van der Waals surface area contributed by atoms with Gasteiger partial charge >= 0.3 is 0 Å². The second kappa shape index (κ2) is 6.24. The first-order valence-corrected chi connectivity index (χ1v) is 7.87. The summed E-state index contributed by atoms with van der Waals surface area (Å²) >= 11 is 0. The average molecular weight is 308 g/mol. The maximum atomic E-state index is 12.9. The zero-order valence-electron chi connectivity index (χ0n) is 11.9. The molecule has 0 aliphatic heterocycles. The van der Waals surface area contributed by atoms with Gasteiger partial charge in [0.2, 0.25) is 0 Å². The summed E-state index contributed by atoms with van der Waals surface area (Å²) in [5.74, 6) is -0.470. The van der Waals surface area contributed by atoms with Crippen LogP contribution in [-0.2, 0) is 16.6 Å². The second-order valence-electron chi connectivity index (χ2n) is 5.00. The average Bonchev–Trinajstić information content (AvgIpc) is 2.38. The first-order valence-electron chi connectivity index (χ1n) is 6.39. The van der Waals surface area contributed by atoms with E-state index >= 15 is 0 Å². The summed E-state index contributed by atoms with van der Waals surface area (Å²) in [4.78, 5) is 2.02. The topological polar surface area (TPSA) is 49.4 Å². The van der Waals surface area contributed by atoms with Gasteiger partial charge in [-0.2, -0.15) is 0 Å². The van der Waals surface area contributed by atoms with E-state index in [0.717, 1.165) is 17.7 Å². The van der Waals surface area contributed by atoms with E-state index in [4.69, 9.17) is 0 Å². The monoisotopic (exact) mass is 308 g/mol. The molecule has 0 heterocycles. The van der Waals surface area contributed by atoms with E-state index < -0.39 is 15.8 Å². The lowest BCUT2D eigenvalue weighted by molar-refractivity contribution is 0.402. The Morgan fingerprint density at radius 2 is 1.76 bits per heavy atom. The largest absolute Gasteiger partial charge is 0.305 e. The minimum absolute atomic E-state index is 0.0295. The molecule has 0 spiro atoms. The number of nitrogens with zero attached hydrogens (tertiary/aromatic N) is 1. The molecule has 4 nitrogen and oxygen atoms in total.